The summed E-state index contributed by atoms with van der Waals surface area (Å²) >= 11 is 1.65. The number of hydrogen-bond acceptors (Lipinski definition) is 5. The smallest absolute Gasteiger partial charge is 0.241 e. The molecule has 0 aliphatic carbocycles. The number of carbonyl (C=O) groups is 1. The number of nitrogens with zero attached hydrogens (tertiary/aromatic N) is 3. The zero-order valence-electron chi connectivity index (χ0n) is 11.6. The first kappa shape index (κ1) is 13.7. The lowest BCUT2D eigenvalue weighted by Crippen LogP contribution is -2.32. The molecule has 5 nitrogen and oxygen atoms in total. The summed E-state index contributed by atoms with van der Waals surface area (Å²) in [5.74, 6) is 0.795. The van der Waals surface area contributed by atoms with Crippen molar-refractivity contribution < 1.29 is 4.79 Å². The minimum atomic E-state index is 0.0545. The number of hydrogen-bond donors (Lipinski definition) is 1. The largest absolute Gasteiger partial charge is 0.360 e. The first-order valence-electron chi connectivity index (χ1n) is 6.23. The van der Waals surface area contributed by atoms with E-state index in [0.717, 1.165) is 16.0 Å². The van der Waals surface area contributed by atoms with E-state index in [4.69, 9.17) is 0 Å². The maximum absolute atomic E-state index is 11.8. The molecule has 2 rings (SSSR count). The van der Waals surface area contributed by atoms with Gasteiger partial charge in [0.25, 0.3) is 0 Å². The van der Waals surface area contributed by atoms with Gasteiger partial charge in [0.05, 0.1) is 11.9 Å². The van der Waals surface area contributed by atoms with E-state index in [9.17, 15) is 4.79 Å². The Morgan fingerprint density at radius 1 is 1.42 bits per heavy atom. The number of nitrogens with one attached hydrogen (secondary N) is 1. The Kier molecular flexibility index (Phi) is 3.99. The predicted molar refractivity (Wildman–Crippen MR) is 78.7 cm³/mol. The van der Waals surface area contributed by atoms with Crippen molar-refractivity contribution >= 4 is 33.3 Å². The van der Waals surface area contributed by atoms with E-state index in [1.807, 2.05) is 6.92 Å². The van der Waals surface area contributed by atoms with Crippen LogP contribution in [-0.2, 0) is 4.79 Å². The number of carbonyl (C=O) groups excluding carboxylic acids is 1. The van der Waals surface area contributed by atoms with E-state index in [0.29, 0.717) is 6.54 Å². The van der Waals surface area contributed by atoms with Gasteiger partial charge in [-0.3, -0.25) is 4.79 Å². The van der Waals surface area contributed by atoms with Crippen molar-refractivity contribution in [1.29, 1.82) is 0 Å². The third-order valence-corrected chi connectivity index (χ3v) is 4.39. The number of aryl methyl sites for hydroxylation is 2. The summed E-state index contributed by atoms with van der Waals surface area (Å²) in [7, 11) is 1.79. The molecule has 102 valence electrons. The van der Waals surface area contributed by atoms with Crippen LogP contribution < -0.4 is 5.32 Å². The Morgan fingerprint density at radius 2 is 2.16 bits per heavy atom. The molecule has 0 saturated carbocycles. The summed E-state index contributed by atoms with van der Waals surface area (Å²) in [6.45, 7) is 7.04. The van der Waals surface area contributed by atoms with Crippen molar-refractivity contribution in [3.8, 4) is 0 Å². The van der Waals surface area contributed by atoms with Gasteiger partial charge in [0, 0.05) is 18.5 Å². The van der Waals surface area contributed by atoms with Gasteiger partial charge in [-0.15, -0.1) is 11.3 Å². The lowest BCUT2D eigenvalue weighted by atomic mass is 10.2. The van der Waals surface area contributed by atoms with Crippen molar-refractivity contribution in [3.63, 3.8) is 0 Å². The van der Waals surface area contributed by atoms with Gasteiger partial charge in [-0.2, -0.15) is 0 Å². The van der Waals surface area contributed by atoms with Gasteiger partial charge in [0.15, 0.2) is 0 Å². The fraction of sp³-hybridized carbons (Fsp3) is 0.462. The Bertz CT molecular complexity index is 608. The van der Waals surface area contributed by atoms with Gasteiger partial charge in [-0.1, -0.05) is 0 Å². The molecule has 0 aliphatic heterocycles. The first-order chi connectivity index (χ1) is 9.04. The molecule has 0 atom stereocenters. The quantitative estimate of drug-likeness (QED) is 0.931. The second-order valence-electron chi connectivity index (χ2n) is 4.45. The normalized spacial score (nSPS) is 10.7. The molecule has 2 heterocycles. The van der Waals surface area contributed by atoms with Crippen LogP contribution in [0.2, 0.25) is 0 Å². The molecule has 1 amide bonds. The van der Waals surface area contributed by atoms with Crippen molar-refractivity contribution in [2.24, 2.45) is 0 Å². The molecule has 0 radical (unpaired) electrons. The summed E-state index contributed by atoms with van der Waals surface area (Å²) in [5.41, 5.74) is 1.18. The Balaban J connectivity index is 2.24. The van der Waals surface area contributed by atoms with Crippen LogP contribution in [0, 0.1) is 13.8 Å². The number of amides is 1. The zero-order chi connectivity index (χ0) is 14.0. The average Bonchev–Trinajstić information content (AvgIpc) is 2.71. The van der Waals surface area contributed by atoms with E-state index in [2.05, 4.69) is 29.1 Å². The maximum atomic E-state index is 11.8. The van der Waals surface area contributed by atoms with Crippen LogP contribution in [0.3, 0.4) is 0 Å². The highest BCUT2D eigenvalue weighted by atomic mass is 32.1. The molecule has 0 aromatic carbocycles. The SMILES string of the molecule is CCN(C)C(=O)CNc1ncnc2sc(C)c(C)c12. The molecule has 2 aromatic rings. The Morgan fingerprint density at radius 3 is 2.84 bits per heavy atom. The second-order valence-corrected chi connectivity index (χ2v) is 5.65. The van der Waals surface area contributed by atoms with Gasteiger partial charge in [0.2, 0.25) is 5.91 Å². The van der Waals surface area contributed by atoms with E-state index < -0.39 is 0 Å². The predicted octanol–water partition coefficient (Wildman–Crippen LogP) is 2.20. The molecule has 0 saturated heterocycles. The fourth-order valence-corrected chi connectivity index (χ4v) is 2.78. The lowest BCUT2D eigenvalue weighted by Gasteiger charge is -2.15. The summed E-state index contributed by atoms with van der Waals surface area (Å²) in [4.78, 5) is 24.2. The molecule has 0 aliphatic rings. The number of rotatable bonds is 4. The monoisotopic (exact) mass is 278 g/mol. The summed E-state index contributed by atoms with van der Waals surface area (Å²) in [6.07, 6.45) is 1.54. The van der Waals surface area contributed by atoms with Crippen molar-refractivity contribution in [2.75, 3.05) is 25.5 Å². The third kappa shape index (κ3) is 2.68. The van der Waals surface area contributed by atoms with Gasteiger partial charge in [0.1, 0.15) is 17.0 Å². The fourth-order valence-electron chi connectivity index (χ4n) is 1.79. The number of anilines is 1. The second kappa shape index (κ2) is 5.52. The van der Waals surface area contributed by atoms with Crippen LogP contribution in [0.15, 0.2) is 6.33 Å². The number of thiophene rings is 1. The highest BCUT2D eigenvalue weighted by Gasteiger charge is 2.13. The van der Waals surface area contributed by atoms with Gasteiger partial charge in [-0.25, -0.2) is 9.97 Å². The maximum Gasteiger partial charge on any atom is 0.241 e. The topological polar surface area (TPSA) is 58.1 Å². The van der Waals surface area contributed by atoms with Crippen molar-refractivity contribution in [2.45, 2.75) is 20.8 Å². The van der Waals surface area contributed by atoms with Crippen LogP contribution in [0.4, 0.5) is 5.82 Å². The number of likely N-dealkylation sites (N-methyl/N-ethyl adjacent to an activating group) is 1. The van der Waals surface area contributed by atoms with Gasteiger partial charge in [-0.05, 0) is 26.3 Å². The minimum absolute atomic E-state index is 0.0545. The molecule has 0 fully saturated rings. The van der Waals surface area contributed by atoms with E-state index in [1.165, 1.54) is 16.8 Å². The van der Waals surface area contributed by atoms with Gasteiger partial charge >= 0.3 is 0 Å². The summed E-state index contributed by atoms with van der Waals surface area (Å²) < 4.78 is 0. The lowest BCUT2D eigenvalue weighted by molar-refractivity contribution is -0.127. The zero-order valence-corrected chi connectivity index (χ0v) is 12.5. The molecule has 19 heavy (non-hydrogen) atoms. The van der Waals surface area contributed by atoms with Crippen LogP contribution in [0.1, 0.15) is 17.4 Å². The minimum Gasteiger partial charge on any atom is -0.360 e. The van der Waals surface area contributed by atoms with Gasteiger partial charge < -0.3 is 10.2 Å². The number of fused-ring (bicyclic) bond motifs is 1. The van der Waals surface area contributed by atoms with Crippen molar-refractivity contribution in [3.05, 3.63) is 16.8 Å². The molecule has 0 spiro atoms. The summed E-state index contributed by atoms with van der Waals surface area (Å²) in [5, 5.41) is 4.15. The standard InChI is InChI=1S/C13H18N4OS/c1-5-17(4)10(18)6-14-12-11-8(2)9(3)19-13(11)16-7-15-12/h7H,5-6H2,1-4H3,(H,14,15,16). The van der Waals surface area contributed by atoms with Crippen molar-refractivity contribution in [1.82, 2.24) is 14.9 Å². The molecule has 6 heteroatoms. The molecule has 0 unspecified atom stereocenters. The molecule has 2 aromatic heterocycles. The average molecular weight is 278 g/mol. The Hall–Kier alpha value is -1.69. The van der Waals surface area contributed by atoms with E-state index in [-0.39, 0.29) is 12.5 Å². The first-order valence-corrected chi connectivity index (χ1v) is 7.04. The number of aromatic nitrogens is 2. The molecule has 1 N–H and O–H groups in total. The Labute approximate surface area is 116 Å². The van der Waals surface area contributed by atoms with E-state index >= 15 is 0 Å². The molecule has 0 bridgehead atoms. The third-order valence-electron chi connectivity index (χ3n) is 3.27. The molecular weight excluding hydrogens is 260 g/mol. The van der Waals surface area contributed by atoms with Crippen LogP contribution in [-0.4, -0.2) is 40.9 Å². The van der Waals surface area contributed by atoms with Crippen LogP contribution >= 0.6 is 11.3 Å². The highest BCUT2D eigenvalue weighted by molar-refractivity contribution is 7.18. The van der Waals surface area contributed by atoms with Crippen LogP contribution in [0.5, 0.6) is 0 Å². The summed E-state index contributed by atoms with van der Waals surface area (Å²) in [6, 6.07) is 0. The molecular formula is C13H18N4OS. The van der Waals surface area contributed by atoms with E-state index in [1.54, 1.807) is 23.3 Å². The highest BCUT2D eigenvalue weighted by Crippen LogP contribution is 2.32. The van der Waals surface area contributed by atoms with Crippen LogP contribution in [0.25, 0.3) is 10.2 Å².